The molecular weight excluding hydrogens is 100 g/mol. The third-order valence-corrected chi connectivity index (χ3v) is 0.889. The maximum atomic E-state index is 8.32. The molecule has 0 fully saturated rings. The third-order valence-electron chi connectivity index (χ3n) is 0.378. The minimum Gasteiger partial charge on any atom is -0.352 e. The summed E-state index contributed by atoms with van der Waals surface area (Å²) in [5.74, 6) is 0. The summed E-state index contributed by atoms with van der Waals surface area (Å²) in [5.41, 5.74) is 1.52. The van der Waals surface area contributed by atoms with E-state index in [0.29, 0.717) is 0 Å². The Morgan fingerprint density at radius 2 is 2.83 bits per heavy atom. The molecule has 0 unspecified atom stereocenters. The van der Waals surface area contributed by atoms with E-state index in [1.54, 1.807) is 0 Å². The number of aliphatic imine (C=N–C) groups is 1. The summed E-state index contributed by atoms with van der Waals surface area (Å²) >= 11 is 1.25. The lowest BCUT2D eigenvalue weighted by molar-refractivity contribution is 0.296. The van der Waals surface area contributed by atoms with Crippen molar-refractivity contribution in [1.29, 1.82) is 0 Å². The molecule has 1 aliphatic rings. The van der Waals surface area contributed by atoms with Crippen LogP contribution in [0.4, 0.5) is 0 Å². The van der Waals surface area contributed by atoms with E-state index < -0.39 is 0 Å². The summed E-state index contributed by atoms with van der Waals surface area (Å²) in [7, 11) is 0. The van der Waals surface area contributed by atoms with E-state index in [0.717, 1.165) is 0 Å². The Bertz CT molecular complexity index is 73.9. The van der Waals surface area contributed by atoms with E-state index in [1.807, 2.05) is 0 Å². The minimum atomic E-state index is -0.0139. The predicted molar refractivity (Wildman–Crippen MR) is 24.4 cm³/mol. The molecule has 1 radical (unpaired) electrons. The zero-order chi connectivity index (χ0) is 4.41. The molecule has 0 saturated heterocycles. The molecule has 0 aromatic carbocycles. The van der Waals surface area contributed by atoms with Gasteiger partial charge in [0.2, 0.25) is 0 Å². The molecule has 0 saturated carbocycles. The van der Waals surface area contributed by atoms with E-state index in [-0.39, 0.29) is 6.35 Å². The van der Waals surface area contributed by atoms with Gasteiger partial charge in [-0.15, -0.1) is 0 Å². The Morgan fingerprint density at radius 1 is 2.00 bits per heavy atom. The fraction of sp³-hybridized carbons (Fsp3) is 0. The normalized spacial score (nSPS) is 22.8. The zero-order valence-electron chi connectivity index (χ0n) is 2.88. The molecule has 0 amide bonds. The highest BCUT2D eigenvalue weighted by atomic mass is 32.2. The van der Waals surface area contributed by atoms with Crippen LogP contribution in [0.1, 0.15) is 0 Å². The molecular formula is C2H3N2OS. The van der Waals surface area contributed by atoms with E-state index in [2.05, 4.69) is 9.71 Å². The van der Waals surface area contributed by atoms with Gasteiger partial charge in [-0.3, -0.25) is 0 Å². The van der Waals surface area contributed by atoms with Crippen LogP contribution in [0.2, 0.25) is 0 Å². The van der Waals surface area contributed by atoms with Crippen LogP contribution in [-0.2, 0) is 0 Å². The molecule has 0 bridgehead atoms. The van der Waals surface area contributed by atoms with Crippen molar-refractivity contribution in [3.8, 4) is 0 Å². The SMILES string of the molecule is O[C]1N=CSN1. The van der Waals surface area contributed by atoms with Gasteiger partial charge in [0, 0.05) is 0 Å². The maximum Gasteiger partial charge on any atom is 0.291 e. The first-order valence-corrected chi connectivity index (χ1v) is 2.27. The van der Waals surface area contributed by atoms with Crippen molar-refractivity contribution in [2.24, 2.45) is 4.99 Å². The molecule has 0 aromatic rings. The second-order valence-corrected chi connectivity index (χ2v) is 1.43. The number of rotatable bonds is 0. The van der Waals surface area contributed by atoms with Crippen molar-refractivity contribution >= 4 is 17.5 Å². The zero-order valence-corrected chi connectivity index (χ0v) is 3.70. The van der Waals surface area contributed by atoms with Crippen LogP contribution in [0, 0.1) is 6.35 Å². The first-order valence-electron chi connectivity index (χ1n) is 1.40. The molecule has 0 atom stereocenters. The predicted octanol–water partition coefficient (Wildman–Crippen LogP) is 0.0856. The van der Waals surface area contributed by atoms with Crippen LogP contribution < -0.4 is 4.72 Å². The second kappa shape index (κ2) is 1.59. The molecule has 3 nitrogen and oxygen atoms in total. The monoisotopic (exact) mass is 103 g/mol. The van der Waals surface area contributed by atoms with Gasteiger partial charge in [-0.25, -0.2) is 9.71 Å². The first-order chi connectivity index (χ1) is 2.89. The van der Waals surface area contributed by atoms with Crippen molar-refractivity contribution in [2.75, 3.05) is 0 Å². The van der Waals surface area contributed by atoms with Gasteiger partial charge in [0.05, 0.1) is 5.55 Å². The second-order valence-electron chi connectivity index (χ2n) is 0.778. The quantitative estimate of drug-likeness (QED) is 0.427. The minimum absolute atomic E-state index is 0.0139. The number of hydrogen-bond donors (Lipinski definition) is 2. The van der Waals surface area contributed by atoms with Crippen LogP contribution in [0.15, 0.2) is 4.99 Å². The maximum absolute atomic E-state index is 8.32. The summed E-state index contributed by atoms with van der Waals surface area (Å²) in [4.78, 5) is 3.44. The summed E-state index contributed by atoms with van der Waals surface area (Å²) in [6, 6.07) is 0. The van der Waals surface area contributed by atoms with Gasteiger partial charge < -0.3 is 5.11 Å². The standard InChI is InChI=1S/C2H3N2OS/c5-2-3-1-6-4-2/h1,4-5H. The lowest BCUT2D eigenvalue weighted by atomic mass is 11.1. The van der Waals surface area contributed by atoms with Crippen molar-refractivity contribution in [3.63, 3.8) is 0 Å². The molecule has 2 N–H and O–H groups in total. The summed E-state index contributed by atoms with van der Waals surface area (Å²) < 4.78 is 2.49. The Balaban J connectivity index is 2.38. The van der Waals surface area contributed by atoms with E-state index in [9.17, 15) is 0 Å². The molecule has 1 aliphatic heterocycles. The number of nitrogens with zero attached hydrogens (tertiary/aromatic N) is 1. The van der Waals surface area contributed by atoms with Gasteiger partial charge in [-0.05, 0) is 11.9 Å². The Morgan fingerprint density at radius 3 is 3.00 bits per heavy atom. The molecule has 6 heavy (non-hydrogen) atoms. The van der Waals surface area contributed by atoms with E-state index >= 15 is 0 Å². The number of aliphatic hydroxyl groups is 1. The molecule has 4 heteroatoms. The molecule has 0 aromatic heterocycles. The first kappa shape index (κ1) is 4.11. The number of hydrogen-bond acceptors (Lipinski definition) is 4. The Labute approximate surface area is 39.6 Å². The van der Waals surface area contributed by atoms with E-state index in [1.165, 1.54) is 17.5 Å². The molecule has 1 rings (SSSR count). The number of nitrogens with one attached hydrogen (secondary N) is 1. The number of aliphatic hydroxyl groups excluding tert-OH is 1. The lowest BCUT2D eigenvalue weighted by Gasteiger charge is -1.87. The van der Waals surface area contributed by atoms with Gasteiger partial charge in [0.25, 0.3) is 6.35 Å². The topological polar surface area (TPSA) is 44.6 Å². The van der Waals surface area contributed by atoms with Gasteiger partial charge in [-0.1, -0.05) is 0 Å². The van der Waals surface area contributed by atoms with Gasteiger partial charge in [0.15, 0.2) is 0 Å². The Hall–Kier alpha value is -0.0600. The Kier molecular flexibility index (Phi) is 1.09. The molecule has 0 aliphatic carbocycles. The van der Waals surface area contributed by atoms with E-state index in [4.69, 9.17) is 5.11 Å². The fourth-order valence-electron chi connectivity index (χ4n) is 0.182. The highest BCUT2D eigenvalue weighted by molar-refractivity contribution is 8.10. The largest absolute Gasteiger partial charge is 0.352 e. The lowest BCUT2D eigenvalue weighted by Crippen LogP contribution is -2.02. The van der Waals surface area contributed by atoms with Crippen molar-refractivity contribution < 1.29 is 5.11 Å². The molecule has 33 valence electrons. The highest BCUT2D eigenvalue weighted by Gasteiger charge is 2.04. The fourth-order valence-corrected chi connectivity index (χ4v) is 0.545. The van der Waals surface area contributed by atoms with Gasteiger partial charge >= 0.3 is 0 Å². The van der Waals surface area contributed by atoms with Crippen molar-refractivity contribution in [3.05, 3.63) is 6.35 Å². The van der Waals surface area contributed by atoms with Crippen LogP contribution in [0.3, 0.4) is 0 Å². The van der Waals surface area contributed by atoms with Crippen molar-refractivity contribution in [2.45, 2.75) is 0 Å². The van der Waals surface area contributed by atoms with Gasteiger partial charge in [-0.2, -0.15) is 0 Å². The average molecular weight is 103 g/mol. The van der Waals surface area contributed by atoms with Gasteiger partial charge in [0.1, 0.15) is 0 Å². The highest BCUT2D eigenvalue weighted by Crippen LogP contribution is 2.04. The summed E-state index contributed by atoms with van der Waals surface area (Å²) in [6.07, 6.45) is -0.0139. The average Bonchev–Trinajstić information content (AvgIpc) is 1.86. The van der Waals surface area contributed by atoms with Crippen LogP contribution >= 0.6 is 11.9 Å². The summed E-state index contributed by atoms with van der Waals surface area (Å²) in [6.45, 7) is 0. The molecule has 1 heterocycles. The third kappa shape index (κ3) is 0.707. The summed E-state index contributed by atoms with van der Waals surface area (Å²) in [5, 5.41) is 8.32. The molecule has 0 spiro atoms. The smallest absolute Gasteiger partial charge is 0.291 e. The van der Waals surface area contributed by atoms with Crippen LogP contribution in [0.25, 0.3) is 0 Å². The van der Waals surface area contributed by atoms with Crippen LogP contribution in [-0.4, -0.2) is 10.7 Å². The van der Waals surface area contributed by atoms with Crippen LogP contribution in [0.5, 0.6) is 0 Å². The van der Waals surface area contributed by atoms with Crippen molar-refractivity contribution in [1.82, 2.24) is 4.72 Å².